The van der Waals surface area contributed by atoms with Gasteiger partial charge in [0.15, 0.2) is 0 Å². The van der Waals surface area contributed by atoms with Crippen molar-refractivity contribution in [3.05, 3.63) is 35.9 Å². The number of esters is 1. The summed E-state index contributed by atoms with van der Waals surface area (Å²) in [5.41, 5.74) is 0.579. The number of ether oxygens (including phenoxy) is 1. The Bertz CT molecular complexity index is 492. The van der Waals surface area contributed by atoms with Crippen molar-refractivity contribution in [2.24, 2.45) is 5.92 Å². The molecule has 0 unspecified atom stereocenters. The Morgan fingerprint density at radius 2 is 1.75 bits per heavy atom. The molecule has 24 heavy (non-hydrogen) atoms. The van der Waals surface area contributed by atoms with Crippen molar-refractivity contribution in [3.8, 4) is 0 Å². The molecule has 0 saturated heterocycles. The van der Waals surface area contributed by atoms with E-state index in [1.54, 1.807) is 0 Å². The molecule has 1 aliphatic carbocycles. The van der Waals surface area contributed by atoms with E-state index in [0.717, 1.165) is 38.0 Å². The van der Waals surface area contributed by atoms with Gasteiger partial charge in [0.1, 0.15) is 6.61 Å². The SMILES string of the molecule is CCN(CC)CCOC(=O)[C@@](C)(c1ccccc1)C1CCCCC1. The number of rotatable bonds is 8. The summed E-state index contributed by atoms with van der Waals surface area (Å²) in [6.45, 7) is 9.66. The van der Waals surface area contributed by atoms with Crippen LogP contribution in [0.4, 0.5) is 0 Å². The summed E-state index contributed by atoms with van der Waals surface area (Å²) >= 11 is 0. The second kappa shape index (κ2) is 9.22. The first kappa shape index (κ1) is 19.0. The van der Waals surface area contributed by atoms with Crippen LogP contribution < -0.4 is 0 Å². The van der Waals surface area contributed by atoms with Crippen molar-refractivity contribution in [1.29, 1.82) is 0 Å². The van der Waals surface area contributed by atoms with Gasteiger partial charge in [-0.15, -0.1) is 0 Å². The summed E-state index contributed by atoms with van der Waals surface area (Å²) in [6.07, 6.45) is 5.98. The molecule has 0 aromatic heterocycles. The Balaban J connectivity index is 2.11. The molecule has 134 valence electrons. The van der Waals surface area contributed by atoms with Gasteiger partial charge in [0.25, 0.3) is 0 Å². The molecule has 0 radical (unpaired) electrons. The van der Waals surface area contributed by atoms with Crippen LogP contribution in [0.25, 0.3) is 0 Å². The fourth-order valence-electron chi connectivity index (χ4n) is 3.94. The second-order valence-corrected chi connectivity index (χ2v) is 7.07. The summed E-state index contributed by atoms with van der Waals surface area (Å²) < 4.78 is 5.77. The van der Waals surface area contributed by atoms with Crippen molar-refractivity contribution < 1.29 is 9.53 Å². The summed E-state index contributed by atoms with van der Waals surface area (Å²) in [5.74, 6) is 0.336. The fraction of sp³-hybridized carbons (Fsp3) is 0.667. The highest BCUT2D eigenvalue weighted by molar-refractivity contribution is 5.83. The van der Waals surface area contributed by atoms with E-state index in [1.165, 1.54) is 19.3 Å². The number of hydrogen-bond acceptors (Lipinski definition) is 3. The molecule has 0 spiro atoms. The van der Waals surface area contributed by atoms with E-state index >= 15 is 0 Å². The van der Waals surface area contributed by atoms with Crippen LogP contribution in [0.5, 0.6) is 0 Å². The van der Waals surface area contributed by atoms with Gasteiger partial charge in [0, 0.05) is 6.54 Å². The van der Waals surface area contributed by atoms with Crippen LogP contribution in [0.2, 0.25) is 0 Å². The minimum absolute atomic E-state index is 0.0484. The number of carbonyl (C=O) groups excluding carboxylic acids is 1. The van der Waals surface area contributed by atoms with Crippen LogP contribution in [-0.4, -0.2) is 37.1 Å². The van der Waals surface area contributed by atoms with Gasteiger partial charge in [0.2, 0.25) is 0 Å². The molecule has 0 aliphatic heterocycles. The van der Waals surface area contributed by atoms with E-state index in [2.05, 4.69) is 37.8 Å². The molecule has 2 rings (SSSR count). The highest BCUT2D eigenvalue weighted by Crippen LogP contribution is 2.41. The molecule has 1 atom stereocenters. The molecule has 3 nitrogen and oxygen atoms in total. The van der Waals surface area contributed by atoms with Crippen LogP contribution in [0, 0.1) is 5.92 Å². The molecule has 1 aromatic carbocycles. The lowest BCUT2D eigenvalue weighted by Gasteiger charge is -2.38. The Morgan fingerprint density at radius 1 is 1.12 bits per heavy atom. The molecule has 1 fully saturated rings. The molecule has 1 aromatic rings. The van der Waals surface area contributed by atoms with Gasteiger partial charge in [0.05, 0.1) is 5.41 Å². The summed E-state index contributed by atoms with van der Waals surface area (Å²) in [7, 11) is 0. The van der Waals surface area contributed by atoms with Gasteiger partial charge >= 0.3 is 5.97 Å². The topological polar surface area (TPSA) is 29.5 Å². The normalized spacial score (nSPS) is 18.3. The summed E-state index contributed by atoms with van der Waals surface area (Å²) in [6, 6.07) is 10.2. The number of nitrogens with zero attached hydrogens (tertiary/aromatic N) is 1. The number of hydrogen-bond donors (Lipinski definition) is 0. The molecular formula is C21H33NO2. The summed E-state index contributed by atoms with van der Waals surface area (Å²) in [4.78, 5) is 15.4. The van der Waals surface area contributed by atoms with Crippen LogP contribution in [-0.2, 0) is 14.9 Å². The molecule has 1 aliphatic rings. The second-order valence-electron chi connectivity index (χ2n) is 7.07. The monoisotopic (exact) mass is 331 g/mol. The van der Waals surface area contributed by atoms with Crippen molar-refractivity contribution >= 4 is 5.97 Å². The highest BCUT2D eigenvalue weighted by atomic mass is 16.5. The Hall–Kier alpha value is -1.35. The van der Waals surface area contributed by atoms with E-state index in [4.69, 9.17) is 4.74 Å². The fourth-order valence-corrected chi connectivity index (χ4v) is 3.94. The van der Waals surface area contributed by atoms with Gasteiger partial charge in [-0.05, 0) is 44.3 Å². The molecule has 0 amide bonds. The Morgan fingerprint density at radius 3 is 2.33 bits per heavy atom. The predicted molar refractivity (Wildman–Crippen MR) is 99.1 cm³/mol. The maximum atomic E-state index is 13.1. The van der Waals surface area contributed by atoms with Gasteiger partial charge in [-0.1, -0.05) is 63.4 Å². The zero-order valence-electron chi connectivity index (χ0n) is 15.6. The lowest BCUT2D eigenvalue weighted by Crippen LogP contribution is -2.43. The van der Waals surface area contributed by atoms with E-state index < -0.39 is 5.41 Å². The van der Waals surface area contributed by atoms with E-state index in [-0.39, 0.29) is 5.97 Å². The molecule has 0 N–H and O–H groups in total. The standard InChI is InChI=1S/C21H33NO2/c1-4-22(5-2)16-17-24-20(23)21(3,18-12-8-6-9-13-18)19-14-10-7-11-15-19/h6,8-9,12-13,19H,4-5,7,10-11,14-17H2,1-3H3/t21-/m0/s1. The lowest BCUT2D eigenvalue weighted by atomic mass is 9.66. The number of benzene rings is 1. The van der Waals surface area contributed by atoms with Gasteiger partial charge < -0.3 is 9.64 Å². The molecular weight excluding hydrogens is 298 g/mol. The van der Waals surface area contributed by atoms with Crippen molar-refractivity contribution in [2.75, 3.05) is 26.2 Å². The van der Waals surface area contributed by atoms with E-state index in [9.17, 15) is 4.79 Å². The molecule has 0 bridgehead atoms. The van der Waals surface area contributed by atoms with Crippen molar-refractivity contribution in [2.45, 2.75) is 58.3 Å². The Labute approximate surface area is 147 Å². The van der Waals surface area contributed by atoms with Gasteiger partial charge in [-0.3, -0.25) is 4.79 Å². The zero-order chi connectivity index (χ0) is 17.4. The largest absolute Gasteiger partial charge is 0.464 e. The molecule has 0 heterocycles. The zero-order valence-corrected chi connectivity index (χ0v) is 15.6. The Kier molecular flexibility index (Phi) is 7.29. The van der Waals surface area contributed by atoms with Gasteiger partial charge in [-0.2, -0.15) is 0 Å². The quantitative estimate of drug-likeness (QED) is 0.661. The maximum absolute atomic E-state index is 13.1. The van der Waals surface area contributed by atoms with Crippen LogP contribution in [0.3, 0.4) is 0 Å². The number of carbonyl (C=O) groups is 1. The maximum Gasteiger partial charge on any atom is 0.316 e. The minimum Gasteiger partial charge on any atom is -0.464 e. The van der Waals surface area contributed by atoms with E-state index in [0.29, 0.717) is 12.5 Å². The number of likely N-dealkylation sites (N-methyl/N-ethyl adjacent to an activating group) is 1. The molecule has 1 saturated carbocycles. The molecule has 3 heteroatoms. The van der Waals surface area contributed by atoms with Crippen LogP contribution >= 0.6 is 0 Å². The third-order valence-corrected chi connectivity index (χ3v) is 5.75. The first-order chi connectivity index (χ1) is 11.6. The minimum atomic E-state index is -0.523. The third kappa shape index (κ3) is 4.38. The average Bonchev–Trinajstić information content (AvgIpc) is 2.65. The van der Waals surface area contributed by atoms with E-state index in [1.807, 2.05) is 18.2 Å². The lowest BCUT2D eigenvalue weighted by molar-refractivity contribution is -0.153. The first-order valence-corrected chi connectivity index (χ1v) is 9.58. The van der Waals surface area contributed by atoms with Crippen LogP contribution in [0.15, 0.2) is 30.3 Å². The van der Waals surface area contributed by atoms with Crippen molar-refractivity contribution in [3.63, 3.8) is 0 Å². The van der Waals surface area contributed by atoms with Crippen molar-refractivity contribution in [1.82, 2.24) is 4.90 Å². The highest BCUT2D eigenvalue weighted by Gasteiger charge is 2.44. The summed E-state index contributed by atoms with van der Waals surface area (Å²) in [5, 5.41) is 0. The average molecular weight is 332 g/mol. The smallest absolute Gasteiger partial charge is 0.316 e. The third-order valence-electron chi connectivity index (χ3n) is 5.75. The predicted octanol–water partition coefficient (Wildman–Crippen LogP) is 4.41. The first-order valence-electron chi connectivity index (χ1n) is 9.58. The van der Waals surface area contributed by atoms with Crippen LogP contribution in [0.1, 0.15) is 58.4 Å². The van der Waals surface area contributed by atoms with Gasteiger partial charge in [-0.25, -0.2) is 0 Å².